The van der Waals surface area contributed by atoms with E-state index in [1.807, 2.05) is 6.92 Å². The first-order valence-electron chi connectivity index (χ1n) is 9.25. The number of benzene rings is 2. The molecule has 0 radical (unpaired) electrons. The van der Waals surface area contributed by atoms with Crippen LogP contribution in [0.5, 0.6) is 11.8 Å². The minimum absolute atomic E-state index is 0.0774. The average molecular weight is 408 g/mol. The van der Waals surface area contributed by atoms with Gasteiger partial charge in [-0.1, -0.05) is 0 Å². The van der Waals surface area contributed by atoms with Gasteiger partial charge in [-0.3, -0.25) is 0 Å². The highest BCUT2D eigenvalue weighted by atomic mass is 19.1. The summed E-state index contributed by atoms with van der Waals surface area (Å²) in [4.78, 5) is 13.1. The standard InChI is InChI=1S/C22H18F2N4O2/c1-14(12-29)28-13-26-20(15-2-4-16(23)5-3-15)21(28)19-10-11-25-22(27-19)30-18-8-6-17(24)7-9-18/h2-11,13-14,29H,12H2,1H3/t14-/m1/s1. The van der Waals surface area contributed by atoms with Gasteiger partial charge in [-0.25, -0.2) is 18.7 Å². The minimum atomic E-state index is -0.372. The van der Waals surface area contributed by atoms with Crippen LogP contribution >= 0.6 is 0 Å². The number of rotatable bonds is 6. The lowest BCUT2D eigenvalue weighted by molar-refractivity contribution is 0.239. The maximum absolute atomic E-state index is 13.4. The number of imidazole rings is 1. The van der Waals surface area contributed by atoms with E-state index in [2.05, 4.69) is 15.0 Å². The molecule has 0 amide bonds. The smallest absolute Gasteiger partial charge is 0.322 e. The van der Waals surface area contributed by atoms with Crippen LogP contribution in [0.3, 0.4) is 0 Å². The summed E-state index contributed by atoms with van der Waals surface area (Å²) in [5.41, 5.74) is 2.44. The lowest BCUT2D eigenvalue weighted by Crippen LogP contribution is -2.10. The molecule has 2 heterocycles. The second kappa shape index (κ2) is 8.38. The molecule has 2 aromatic heterocycles. The Morgan fingerprint density at radius 1 is 0.967 bits per heavy atom. The van der Waals surface area contributed by atoms with Gasteiger partial charge < -0.3 is 14.4 Å². The van der Waals surface area contributed by atoms with Gasteiger partial charge in [-0.15, -0.1) is 0 Å². The van der Waals surface area contributed by atoms with Gasteiger partial charge in [-0.05, 0) is 61.5 Å². The maximum Gasteiger partial charge on any atom is 0.322 e. The largest absolute Gasteiger partial charge is 0.424 e. The van der Waals surface area contributed by atoms with Crippen LogP contribution in [-0.4, -0.2) is 31.2 Å². The number of hydrogen-bond acceptors (Lipinski definition) is 5. The van der Waals surface area contributed by atoms with Crippen molar-refractivity contribution in [1.82, 2.24) is 19.5 Å². The van der Waals surface area contributed by atoms with Crippen molar-refractivity contribution in [1.29, 1.82) is 0 Å². The molecule has 6 nitrogen and oxygen atoms in total. The number of halogens is 2. The first-order chi connectivity index (χ1) is 14.5. The monoisotopic (exact) mass is 408 g/mol. The Morgan fingerprint density at radius 3 is 2.30 bits per heavy atom. The van der Waals surface area contributed by atoms with Crippen LogP contribution in [0.2, 0.25) is 0 Å². The summed E-state index contributed by atoms with van der Waals surface area (Å²) in [6.07, 6.45) is 3.15. The zero-order valence-corrected chi connectivity index (χ0v) is 16.0. The SMILES string of the molecule is C[C@H](CO)n1cnc(-c2ccc(F)cc2)c1-c1ccnc(Oc2ccc(F)cc2)n1. The van der Waals surface area contributed by atoms with Gasteiger partial charge >= 0.3 is 6.01 Å². The number of aliphatic hydroxyl groups is 1. The molecular weight excluding hydrogens is 390 g/mol. The van der Waals surface area contributed by atoms with E-state index in [1.54, 1.807) is 29.1 Å². The van der Waals surface area contributed by atoms with Crippen LogP contribution in [0, 0.1) is 11.6 Å². The molecule has 0 unspecified atom stereocenters. The fourth-order valence-electron chi connectivity index (χ4n) is 2.99. The summed E-state index contributed by atoms with van der Waals surface area (Å²) >= 11 is 0. The van der Waals surface area contributed by atoms with E-state index in [-0.39, 0.29) is 30.3 Å². The Kier molecular flexibility index (Phi) is 5.49. The molecule has 0 aliphatic rings. The van der Waals surface area contributed by atoms with E-state index in [4.69, 9.17) is 4.74 Å². The van der Waals surface area contributed by atoms with Gasteiger partial charge in [0.25, 0.3) is 0 Å². The number of aromatic nitrogens is 4. The summed E-state index contributed by atoms with van der Waals surface area (Å²) in [5, 5.41) is 9.66. The van der Waals surface area contributed by atoms with Crippen molar-refractivity contribution >= 4 is 0 Å². The Morgan fingerprint density at radius 2 is 1.63 bits per heavy atom. The van der Waals surface area contributed by atoms with E-state index in [9.17, 15) is 13.9 Å². The Hall–Kier alpha value is -3.65. The third kappa shape index (κ3) is 4.04. The zero-order valence-electron chi connectivity index (χ0n) is 16.0. The fraction of sp³-hybridized carbons (Fsp3) is 0.136. The molecular formula is C22H18F2N4O2. The molecule has 1 N–H and O–H groups in total. The number of ether oxygens (including phenoxy) is 1. The first kappa shape index (κ1) is 19.7. The third-order valence-corrected chi connectivity index (χ3v) is 4.55. The van der Waals surface area contributed by atoms with Crippen LogP contribution in [0.4, 0.5) is 8.78 Å². The van der Waals surface area contributed by atoms with Crippen molar-refractivity contribution in [2.75, 3.05) is 6.61 Å². The Bertz CT molecular complexity index is 1140. The molecule has 4 aromatic rings. The molecule has 0 aliphatic carbocycles. The van der Waals surface area contributed by atoms with Gasteiger partial charge in [0, 0.05) is 11.8 Å². The van der Waals surface area contributed by atoms with Crippen molar-refractivity contribution in [3.63, 3.8) is 0 Å². The van der Waals surface area contributed by atoms with Crippen LogP contribution in [0.25, 0.3) is 22.6 Å². The lowest BCUT2D eigenvalue weighted by atomic mass is 10.1. The molecule has 8 heteroatoms. The quantitative estimate of drug-likeness (QED) is 0.504. The van der Waals surface area contributed by atoms with Gasteiger partial charge in [-0.2, -0.15) is 4.98 Å². The van der Waals surface area contributed by atoms with Gasteiger partial charge in [0.05, 0.1) is 36.1 Å². The van der Waals surface area contributed by atoms with Crippen LogP contribution in [0.15, 0.2) is 67.1 Å². The summed E-state index contributed by atoms with van der Waals surface area (Å²) in [5.74, 6) is -0.326. The van der Waals surface area contributed by atoms with Crippen LogP contribution in [0.1, 0.15) is 13.0 Å². The molecule has 0 bridgehead atoms. The first-order valence-corrected chi connectivity index (χ1v) is 9.25. The van der Waals surface area contributed by atoms with Crippen molar-refractivity contribution in [2.24, 2.45) is 0 Å². The Balaban J connectivity index is 1.77. The molecule has 0 saturated heterocycles. The van der Waals surface area contributed by atoms with E-state index in [0.717, 1.165) is 0 Å². The van der Waals surface area contributed by atoms with E-state index in [0.29, 0.717) is 28.4 Å². The predicted molar refractivity (Wildman–Crippen MR) is 107 cm³/mol. The fourth-order valence-corrected chi connectivity index (χ4v) is 2.99. The van der Waals surface area contributed by atoms with E-state index < -0.39 is 0 Å². The summed E-state index contributed by atoms with van der Waals surface area (Å²) in [6.45, 7) is 1.74. The van der Waals surface area contributed by atoms with Crippen molar-refractivity contribution in [3.8, 4) is 34.4 Å². The predicted octanol–water partition coefficient (Wildman–Crippen LogP) is 4.63. The number of hydrogen-bond donors (Lipinski definition) is 1. The van der Waals surface area contributed by atoms with Crippen LogP contribution in [-0.2, 0) is 0 Å². The third-order valence-electron chi connectivity index (χ3n) is 4.55. The molecule has 2 aromatic carbocycles. The second-order valence-electron chi connectivity index (χ2n) is 6.67. The van der Waals surface area contributed by atoms with Crippen molar-refractivity contribution in [3.05, 3.63) is 78.8 Å². The molecule has 0 fully saturated rings. The molecule has 0 spiro atoms. The molecule has 1 atom stereocenters. The van der Waals surface area contributed by atoms with E-state index in [1.165, 1.54) is 42.6 Å². The molecule has 30 heavy (non-hydrogen) atoms. The Labute approximate surface area is 171 Å². The van der Waals surface area contributed by atoms with Gasteiger partial charge in [0.1, 0.15) is 17.4 Å². The number of nitrogens with zero attached hydrogens (tertiary/aromatic N) is 4. The minimum Gasteiger partial charge on any atom is -0.424 e. The summed E-state index contributed by atoms with van der Waals surface area (Å²) in [6, 6.07) is 13.0. The number of aliphatic hydroxyl groups excluding tert-OH is 1. The highest BCUT2D eigenvalue weighted by molar-refractivity contribution is 5.77. The zero-order chi connectivity index (χ0) is 21.1. The van der Waals surface area contributed by atoms with Gasteiger partial charge in [0.2, 0.25) is 0 Å². The summed E-state index contributed by atoms with van der Waals surface area (Å²) in [7, 11) is 0. The topological polar surface area (TPSA) is 73.1 Å². The van der Waals surface area contributed by atoms with Crippen molar-refractivity contribution < 1.29 is 18.6 Å². The van der Waals surface area contributed by atoms with Crippen molar-refractivity contribution in [2.45, 2.75) is 13.0 Å². The van der Waals surface area contributed by atoms with E-state index >= 15 is 0 Å². The molecule has 0 aliphatic heterocycles. The second-order valence-corrected chi connectivity index (χ2v) is 6.67. The normalized spacial score (nSPS) is 12.0. The summed E-state index contributed by atoms with van der Waals surface area (Å²) < 4.78 is 33.9. The highest BCUT2D eigenvalue weighted by Crippen LogP contribution is 2.33. The maximum atomic E-state index is 13.4. The lowest BCUT2D eigenvalue weighted by Gasteiger charge is -2.15. The molecule has 0 saturated carbocycles. The molecule has 152 valence electrons. The van der Waals surface area contributed by atoms with Crippen LogP contribution < -0.4 is 4.74 Å². The van der Waals surface area contributed by atoms with Gasteiger partial charge in [0.15, 0.2) is 0 Å². The highest BCUT2D eigenvalue weighted by Gasteiger charge is 2.20. The average Bonchev–Trinajstić information content (AvgIpc) is 3.21. The molecule has 4 rings (SSSR count).